The molecule has 0 N–H and O–H groups in total. The first kappa shape index (κ1) is 53.9. The van der Waals surface area contributed by atoms with Gasteiger partial charge in [-0.2, -0.15) is 0 Å². The average molecular weight is 897 g/mol. The summed E-state index contributed by atoms with van der Waals surface area (Å²) in [6.45, 7) is 12.0. The lowest BCUT2D eigenvalue weighted by Gasteiger charge is -2.15. The molecule has 4 aromatic carbocycles. The minimum atomic E-state index is 0.702. The lowest BCUT2D eigenvalue weighted by Crippen LogP contribution is -2.03. The van der Waals surface area contributed by atoms with E-state index < -0.39 is 0 Å². The smallest absolute Gasteiger partial charge is 0.127 e. The molecule has 0 bridgehead atoms. The minimum absolute atomic E-state index is 0.702. The van der Waals surface area contributed by atoms with Crippen molar-refractivity contribution in [1.82, 2.24) is 0 Å². The number of hydrogen-bond donors (Lipinski definition) is 0. The van der Waals surface area contributed by atoms with Crippen molar-refractivity contribution in [2.75, 3.05) is 26.4 Å². The fourth-order valence-electron chi connectivity index (χ4n) is 8.09. The van der Waals surface area contributed by atoms with Gasteiger partial charge in [-0.05, 0) is 72.7 Å². The molecule has 0 atom stereocenters. The molecule has 0 saturated carbocycles. The normalized spacial score (nSPS) is 11.6. The van der Waals surface area contributed by atoms with Gasteiger partial charge >= 0.3 is 0 Å². The van der Waals surface area contributed by atoms with E-state index in [9.17, 15) is 0 Å². The van der Waals surface area contributed by atoms with Crippen LogP contribution in [0, 0.1) is 0 Å². The second-order valence-corrected chi connectivity index (χ2v) is 18.2. The lowest BCUT2D eigenvalue weighted by atomic mass is 10.0. The lowest BCUT2D eigenvalue weighted by molar-refractivity contribution is 0.295. The molecule has 0 amide bonds. The van der Waals surface area contributed by atoms with E-state index in [4.69, 9.17) is 18.9 Å². The molecule has 0 spiro atoms. The van der Waals surface area contributed by atoms with E-state index in [-0.39, 0.29) is 0 Å². The molecule has 4 aromatic rings. The largest absolute Gasteiger partial charge is 0.494 e. The molecule has 360 valence electrons. The van der Waals surface area contributed by atoms with Crippen LogP contribution in [0.3, 0.4) is 0 Å². The van der Waals surface area contributed by atoms with Crippen molar-refractivity contribution in [3.05, 3.63) is 118 Å². The van der Waals surface area contributed by atoms with Crippen LogP contribution in [0.25, 0.3) is 36.5 Å². The molecule has 4 rings (SSSR count). The molecule has 0 aliphatic heterocycles. The van der Waals surface area contributed by atoms with Crippen LogP contribution >= 0.6 is 0 Å². The summed E-state index contributed by atoms with van der Waals surface area (Å²) in [4.78, 5) is 0. The van der Waals surface area contributed by atoms with Crippen LogP contribution in [-0.4, -0.2) is 26.4 Å². The van der Waals surface area contributed by atoms with Gasteiger partial charge in [-0.3, -0.25) is 0 Å². The summed E-state index contributed by atoms with van der Waals surface area (Å²) in [5, 5.41) is 0. The van der Waals surface area contributed by atoms with Crippen molar-refractivity contribution >= 4 is 36.5 Å². The molecule has 66 heavy (non-hydrogen) atoms. The maximum atomic E-state index is 6.60. The van der Waals surface area contributed by atoms with Gasteiger partial charge < -0.3 is 18.9 Å². The maximum absolute atomic E-state index is 6.60. The highest BCUT2D eigenvalue weighted by Crippen LogP contribution is 2.33. The molecular weight excluding hydrogens is 809 g/mol. The topological polar surface area (TPSA) is 36.9 Å². The Bertz CT molecular complexity index is 1910. The standard InChI is InChI=1S/C62H88O4/c1-5-9-13-17-21-28-46-63-59-44-45-60(64-47-29-22-18-14-10-6-2)56(50-59)41-39-54-34-36-55(37-35-54)40-43-58-52-61(65-48-30-23-19-15-11-7-3)57(42-38-53-32-26-25-27-33-53)51-62(58)66-49-31-24-20-16-12-8-4/h25-27,32-45,50-52H,5-24,28-31,46-49H2,1-4H3/b41-39+,42-38+,43-40+. The molecule has 0 aliphatic rings. The van der Waals surface area contributed by atoms with Gasteiger partial charge in [0.15, 0.2) is 0 Å². The Morgan fingerprint density at radius 1 is 0.288 bits per heavy atom. The Morgan fingerprint density at radius 2 is 0.621 bits per heavy atom. The van der Waals surface area contributed by atoms with Crippen LogP contribution in [0.5, 0.6) is 23.0 Å². The van der Waals surface area contributed by atoms with Crippen LogP contribution in [0.2, 0.25) is 0 Å². The van der Waals surface area contributed by atoms with Crippen LogP contribution < -0.4 is 18.9 Å². The summed E-state index contributed by atoms with van der Waals surface area (Å²) in [5.41, 5.74) is 6.55. The van der Waals surface area contributed by atoms with Gasteiger partial charge in [-0.1, -0.05) is 247 Å². The monoisotopic (exact) mass is 897 g/mol. The zero-order valence-corrected chi connectivity index (χ0v) is 42.0. The summed E-state index contributed by atoms with van der Waals surface area (Å²) in [6.07, 6.45) is 42.8. The van der Waals surface area contributed by atoms with E-state index >= 15 is 0 Å². The van der Waals surface area contributed by atoms with Gasteiger partial charge in [0.1, 0.15) is 23.0 Å². The maximum Gasteiger partial charge on any atom is 0.127 e. The predicted octanol–water partition coefficient (Wildman–Crippen LogP) is 19.2. The van der Waals surface area contributed by atoms with Crippen LogP contribution in [-0.2, 0) is 0 Å². The van der Waals surface area contributed by atoms with Gasteiger partial charge in [0.05, 0.1) is 26.4 Å². The molecule has 0 aromatic heterocycles. The van der Waals surface area contributed by atoms with E-state index in [0.717, 1.165) is 95.3 Å². The Balaban J connectivity index is 1.51. The van der Waals surface area contributed by atoms with Crippen LogP contribution in [0.1, 0.15) is 215 Å². The van der Waals surface area contributed by atoms with Crippen LogP contribution in [0.15, 0.2) is 84.9 Å². The van der Waals surface area contributed by atoms with E-state index in [1.807, 2.05) is 0 Å². The summed E-state index contributed by atoms with van der Waals surface area (Å²) in [6, 6.07) is 29.9. The first-order valence-corrected chi connectivity index (χ1v) is 26.7. The Hall–Kier alpha value is -4.70. The SMILES string of the molecule is CCCCCCCCOc1ccc(OCCCCCCCC)c(/C=C/c2ccc(/C=C/c3cc(OCCCCCCCC)c(/C=C/c4ccccc4)cc3OCCCCCCCC)cc2)c1. The highest BCUT2D eigenvalue weighted by Gasteiger charge is 2.11. The highest BCUT2D eigenvalue weighted by atomic mass is 16.5. The zero-order chi connectivity index (χ0) is 46.5. The Kier molecular flexibility index (Phi) is 29.0. The first-order valence-electron chi connectivity index (χ1n) is 26.7. The highest BCUT2D eigenvalue weighted by molar-refractivity contribution is 5.79. The van der Waals surface area contributed by atoms with E-state index in [1.54, 1.807) is 0 Å². The predicted molar refractivity (Wildman–Crippen MR) is 288 cm³/mol. The Morgan fingerprint density at radius 3 is 1.03 bits per heavy atom. The molecule has 0 radical (unpaired) electrons. The molecule has 4 nitrogen and oxygen atoms in total. The molecule has 4 heteroatoms. The zero-order valence-electron chi connectivity index (χ0n) is 42.0. The number of unbranched alkanes of at least 4 members (excludes halogenated alkanes) is 20. The van der Waals surface area contributed by atoms with Crippen LogP contribution in [0.4, 0.5) is 0 Å². The van der Waals surface area contributed by atoms with Crippen molar-refractivity contribution in [1.29, 1.82) is 0 Å². The number of ether oxygens (including phenoxy) is 4. The third-order valence-electron chi connectivity index (χ3n) is 12.3. The van der Waals surface area contributed by atoms with E-state index in [0.29, 0.717) is 13.2 Å². The molecule has 0 heterocycles. The summed E-state index contributed by atoms with van der Waals surface area (Å²) >= 11 is 0. The number of hydrogen-bond acceptors (Lipinski definition) is 4. The fourth-order valence-corrected chi connectivity index (χ4v) is 8.09. The Labute approximate surface area is 403 Å². The van der Waals surface area contributed by atoms with Crippen molar-refractivity contribution < 1.29 is 18.9 Å². The van der Waals surface area contributed by atoms with Gasteiger partial charge in [0.2, 0.25) is 0 Å². The first-order chi connectivity index (χ1) is 32.6. The third kappa shape index (κ3) is 23.2. The average Bonchev–Trinajstić information content (AvgIpc) is 3.34. The molecule has 0 aliphatic carbocycles. The van der Waals surface area contributed by atoms with Crippen molar-refractivity contribution in [3.63, 3.8) is 0 Å². The van der Waals surface area contributed by atoms with Gasteiger partial charge in [-0.25, -0.2) is 0 Å². The fraction of sp³-hybridized carbons (Fsp3) is 0.516. The molecular formula is C62H88O4. The van der Waals surface area contributed by atoms with Crippen molar-refractivity contribution in [2.24, 2.45) is 0 Å². The van der Waals surface area contributed by atoms with Gasteiger partial charge in [-0.15, -0.1) is 0 Å². The minimum Gasteiger partial charge on any atom is -0.494 e. The van der Waals surface area contributed by atoms with Gasteiger partial charge in [0.25, 0.3) is 0 Å². The molecule has 0 saturated heterocycles. The van der Waals surface area contributed by atoms with E-state index in [2.05, 4.69) is 149 Å². The summed E-state index contributed by atoms with van der Waals surface area (Å²) < 4.78 is 25.8. The summed E-state index contributed by atoms with van der Waals surface area (Å²) in [5.74, 6) is 3.61. The van der Waals surface area contributed by atoms with E-state index in [1.165, 1.54) is 128 Å². The molecule has 0 unspecified atom stereocenters. The number of benzene rings is 4. The van der Waals surface area contributed by atoms with Gasteiger partial charge in [0, 0.05) is 16.7 Å². The quantitative estimate of drug-likeness (QED) is 0.0332. The van der Waals surface area contributed by atoms with Crippen molar-refractivity contribution in [2.45, 2.75) is 182 Å². The second kappa shape index (κ2) is 35.5. The summed E-state index contributed by atoms with van der Waals surface area (Å²) in [7, 11) is 0. The number of rotatable bonds is 38. The van der Waals surface area contributed by atoms with Crippen molar-refractivity contribution in [3.8, 4) is 23.0 Å². The third-order valence-corrected chi connectivity index (χ3v) is 12.3. The second-order valence-electron chi connectivity index (χ2n) is 18.2. The molecule has 0 fully saturated rings.